The van der Waals surface area contributed by atoms with Gasteiger partial charge in [-0.25, -0.2) is 0 Å². The number of rotatable bonds is 3. The Kier molecular flexibility index (Phi) is 4.15. The van der Waals surface area contributed by atoms with E-state index in [2.05, 4.69) is 10.3 Å². The number of benzene rings is 1. The average molecular weight is 284 g/mol. The molecule has 0 saturated heterocycles. The summed E-state index contributed by atoms with van der Waals surface area (Å²) in [5, 5.41) is 14.8. The first-order valence-corrected chi connectivity index (χ1v) is 7.56. The highest BCUT2D eigenvalue weighted by Crippen LogP contribution is 2.24. The maximum Gasteiger partial charge on any atom is 0.270 e. The predicted molar refractivity (Wildman–Crippen MR) is 82.0 cm³/mol. The molecule has 0 spiro atoms. The van der Waals surface area contributed by atoms with Crippen molar-refractivity contribution in [2.45, 2.75) is 31.8 Å². The molecule has 0 bridgehead atoms. The van der Waals surface area contributed by atoms with Crippen molar-refractivity contribution in [3.8, 4) is 0 Å². The molecule has 0 aliphatic heterocycles. The van der Waals surface area contributed by atoms with Crippen molar-refractivity contribution in [3.63, 3.8) is 0 Å². The first-order valence-electron chi connectivity index (χ1n) is 7.56. The monoisotopic (exact) mass is 284 g/mol. The van der Waals surface area contributed by atoms with Gasteiger partial charge in [0.15, 0.2) is 0 Å². The Morgan fingerprint density at radius 1 is 1.24 bits per heavy atom. The SMILES string of the molecule is O=C(NCC1CCCCC1O)c1nccc2ccccc12. The summed E-state index contributed by atoms with van der Waals surface area (Å²) in [7, 11) is 0. The second kappa shape index (κ2) is 6.22. The highest BCUT2D eigenvalue weighted by molar-refractivity contribution is 6.05. The van der Waals surface area contributed by atoms with E-state index < -0.39 is 0 Å². The first-order chi connectivity index (χ1) is 10.3. The van der Waals surface area contributed by atoms with Crippen LogP contribution in [0.2, 0.25) is 0 Å². The lowest BCUT2D eigenvalue weighted by Crippen LogP contribution is -2.37. The average Bonchev–Trinajstić information content (AvgIpc) is 2.53. The van der Waals surface area contributed by atoms with E-state index in [0.29, 0.717) is 12.2 Å². The van der Waals surface area contributed by atoms with Gasteiger partial charge in [0.25, 0.3) is 5.91 Å². The Morgan fingerprint density at radius 2 is 2.05 bits per heavy atom. The molecule has 2 N–H and O–H groups in total. The number of fused-ring (bicyclic) bond motifs is 1. The van der Waals surface area contributed by atoms with Crippen LogP contribution in [0, 0.1) is 5.92 Å². The summed E-state index contributed by atoms with van der Waals surface area (Å²) < 4.78 is 0. The molecular formula is C17H20N2O2. The molecule has 3 rings (SSSR count). The molecule has 1 saturated carbocycles. The third-order valence-electron chi connectivity index (χ3n) is 4.28. The predicted octanol–water partition coefficient (Wildman–Crippen LogP) is 2.52. The molecular weight excluding hydrogens is 264 g/mol. The summed E-state index contributed by atoms with van der Waals surface area (Å²) in [5.74, 6) is 0.00208. The van der Waals surface area contributed by atoms with Crippen LogP contribution in [0.15, 0.2) is 36.5 Å². The summed E-state index contributed by atoms with van der Waals surface area (Å²) >= 11 is 0. The molecule has 2 unspecified atom stereocenters. The lowest BCUT2D eigenvalue weighted by atomic mass is 9.86. The summed E-state index contributed by atoms with van der Waals surface area (Å²) in [6.45, 7) is 0.519. The third kappa shape index (κ3) is 3.05. The van der Waals surface area contributed by atoms with Gasteiger partial charge in [-0.1, -0.05) is 37.1 Å². The van der Waals surface area contributed by atoms with Crippen LogP contribution in [0.1, 0.15) is 36.2 Å². The van der Waals surface area contributed by atoms with Gasteiger partial charge in [0.2, 0.25) is 0 Å². The number of pyridine rings is 1. The van der Waals surface area contributed by atoms with Gasteiger partial charge in [0.05, 0.1) is 6.10 Å². The largest absolute Gasteiger partial charge is 0.393 e. The number of hydrogen-bond donors (Lipinski definition) is 2. The van der Waals surface area contributed by atoms with Crippen LogP contribution in [0.25, 0.3) is 10.8 Å². The second-order valence-electron chi connectivity index (χ2n) is 5.70. The van der Waals surface area contributed by atoms with E-state index >= 15 is 0 Å². The fraction of sp³-hybridized carbons (Fsp3) is 0.412. The minimum absolute atomic E-state index is 0.162. The number of carbonyl (C=O) groups is 1. The Bertz CT molecular complexity index is 636. The van der Waals surface area contributed by atoms with E-state index in [-0.39, 0.29) is 17.9 Å². The molecule has 1 aliphatic carbocycles. The standard InChI is InChI=1S/C17H20N2O2/c20-15-8-4-2-6-13(15)11-19-17(21)16-14-7-3-1-5-12(14)9-10-18-16/h1,3,5,7,9-10,13,15,20H,2,4,6,8,11H2,(H,19,21). The Balaban J connectivity index is 1.72. The highest BCUT2D eigenvalue weighted by Gasteiger charge is 2.23. The Labute approximate surface area is 124 Å². The van der Waals surface area contributed by atoms with Crippen molar-refractivity contribution in [1.82, 2.24) is 10.3 Å². The Hall–Kier alpha value is -1.94. The molecule has 110 valence electrons. The summed E-state index contributed by atoms with van der Waals surface area (Å²) in [4.78, 5) is 16.6. The highest BCUT2D eigenvalue weighted by atomic mass is 16.3. The number of aliphatic hydroxyl groups excluding tert-OH is 1. The molecule has 1 aromatic heterocycles. The van der Waals surface area contributed by atoms with E-state index in [0.717, 1.165) is 36.5 Å². The number of hydrogen-bond acceptors (Lipinski definition) is 3. The first kappa shape index (κ1) is 14.0. The molecule has 1 aromatic carbocycles. The van der Waals surface area contributed by atoms with Crippen LogP contribution in [0.5, 0.6) is 0 Å². The third-order valence-corrected chi connectivity index (χ3v) is 4.28. The van der Waals surface area contributed by atoms with Crippen LogP contribution >= 0.6 is 0 Å². The lowest BCUT2D eigenvalue weighted by molar-refractivity contribution is 0.0662. The molecule has 4 nitrogen and oxygen atoms in total. The smallest absolute Gasteiger partial charge is 0.270 e. The zero-order valence-corrected chi connectivity index (χ0v) is 12.0. The van der Waals surface area contributed by atoms with Crippen molar-refractivity contribution in [1.29, 1.82) is 0 Å². The molecule has 1 aliphatic rings. The van der Waals surface area contributed by atoms with E-state index in [1.165, 1.54) is 0 Å². The van der Waals surface area contributed by atoms with Gasteiger partial charge < -0.3 is 10.4 Å². The van der Waals surface area contributed by atoms with Crippen molar-refractivity contribution in [3.05, 3.63) is 42.2 Å². The van der Waals surface area contributed by atoms with E-state index in [1.807, 2.05) is 30.3 Å². The fourth-order valence-corrected chi connectivity index (χ4v) is 3.03. The molecule has 2 aromatic rings. The van der Waals surface area contributed by atoms with Gasteiger partial charge in [0, 0.05) is 24.0 Å². The van der Waals surface area contributed by atoms with Crippen LogP contribution in [0.3, 0.4) is 0 Å². The van der Waals surface area contributed by atoms with Crippen LogP contribution in [-0.2, 0) is 0 Å². The number of nitrogens with zero attached hydrogens (tertiary/aromatic N) is 1. The number of carbonyl (C=O) groups excluding carboxylic acids is 1. The van der Waals surface area contributed by atoms with E-state index in [9.17, 15) is 9.90 Å². The zero-order chi connectivity index (χ0) is 14.7. The molecule has 1 fully saturated rings. The van der Waals surface area contributed by atoms with Crippen LogP contribution in [0.4, 0.5) is 0 Å². The van der Waals surface area contributed by atoms with Crippen molar-refractivity contribution in [2.24, 2.45) is 5.92 Å². The number of amides is 1. The minimum Gasteiger partial charge on any atom is -0.393 e. The maximum atomic E-state index is 12.4. The zero-order valence-electron chi connectivity index (χ0n) is 12.0. The summed E-state index contributed by atoms with van der Waals surface area (Å²) in [6, 6.07) is 9.64. The van der Waals surface area contributed by atoms with Crippen molar-refractivity contribution >= 4 is 16.7 Å². The van der Waals surface area contributed by atoms with Gasteiger partial charge in [-0.3, -0.25) is 9.78 Å². The normalized spacial score (nSPS) is 22.1. The van der Waals surface area contributed by atoms with Gasteiger partial charge >= 0.3 is 0 Å². The van der Waals surface area contributed by atoms with Gasteiger partial charge in [-0.15, -0.1) is 0 Å². The number of aromatic nitrogens is 1. The second-order valence-corrected chi connectivity index (χ2v) is 5.70. The molecule has 0 radical (unpaired) electrons. The molecule has 21 heavy (non-hydrogen) atoms. The van der Waals surface area contributed by atoms with Crippen molar-refractivity contribution < 1.29 is 9.90 Å². The van der Waals surface area contributed by atoms with Crippen LogP contribution in [-0.4, -0.2) is 28.6 Å². The molecule has 1 amide bonds. The van der Waals surface area contributed by atoms with E-state index in [1.54, 1.807) is 6.20 Å². The summed E-state index contributed by atoms with van der Waals surface area (Å²) in [6.07, 6.45) is 5.39. The number of nitrogens with one attached hydrogen (secondary N) is 1. The van der Waals surface area contributed by atoms with E-state index in [4.69, 9.17) is 0 Å². The molecule has 2 atom stereocenters. The molecule has 4 heteroatoms. The van der Waals surface area contributed by atoms with Gasteiger partial charge in [-0.05, 0) is 24.3 Å². The number of aliphatic hydroxyl groups is 1. The minimum atomic E-state index is -0.292. The maximum absolute atomic E-state index is 12.4. The fourth-order valence-electron chi connectivity index (χ4n) is 3.03. The van der Waals surface area contributed by atoms with Gasteiger partial charge in [0.1, 0.15) is 5.69 Å². The lowest BCUT2D eigenvalue weighted by Gasteiger charge is -2.27. The van der Waals surface area contributed by atoms with Crippen LogP contribution < -0.4 is 5.32 Å². The topological polar surface area (TPSA) is 62.2 Å². The summed E-state index contributed by atoms with van der Waals surface area (Å²) in [5.41, 5.74) is 0.457. The van der Waals surface area contributed by atoms with Crippen molar-refractivity contribution in [2.75, 3.05) is 6.54 Å². The van der Waals surface area contributed by atoms with Gasteiger partial charge in [-0.2, -0.15) is 0 Å². The quantitative estimate of drug-likeness (QED) is 0.910. The molecule has 1 heterocycles. The Morgan fingerprint density at radius 3 is 2.90 bits per heavy atom.